The summed E-state index contributed by atoms with van der Waals surface area (Å²) in [5.41, 5.74) is 2.65. The molecular formula is C19H22N2O3S. The van der Waals surface area contributed by atoms with E-state index in [9.17, 15) is 13.2 Å². The third-order valence-corrected chi connectivity index (χ3v) is 6.36. The number of hydrogen-bond donors (Lipinski definition) is 0. The lowest BCUT2D eigenvalue weighted by Gasteiger charge is -2.21. The van der Waals surface area contributed by atoms with E-state index in [0.717, 1.165) is 16.8 Å². The Hall–Kier alpha value is -2.18. The summed E-state index contributed by atoms with van der Waals surface area (Å²) in [6, 6.07) is 14.6. The monoisotopic (exact) mass is 358 g/mol. The quantitative estimate of drug-likeness (QED) is 0.844. The van der Waals surface area contributed by atoms with Crippen molar-refractivity contribution < 1.29 is 13.2 Å². The lowest BCUT2D eigenvalue weighted by Crippen LogP contribution is -2.33. The molecular weight excluding hydrogens is 336 g/mol. The van der Waals surface area contributed by atoms with Crippen LogP contribution in [0, 0.1) is 0 Å². The topological polar surface area (TPSA) is 57.7 Å². The number of sulfonamides is 1. The molecule has 5 nitrogen and oxygen atoms in total. The van der Waals surface area contributed by atoms with Gasteiger partial charge in [0.25, 0.3) is 0 Å². The summed E-state index contributed by atoms with van der Waals surface area (Å²) >= 11 is 0. The summed E-state index contributed by atoms with van der Waals surface area (Å²) in [6.07, 6.45) is 0.667. The Morgan fingerprint density at radius 1 is 1.20 bits per heavy atom. The Morgan fingerprint density at radius 2 is 1.88 bits per heavy atom. The number of amides is 1. The van der Waals surface area contributed by atoms with E-state index in [1.807, 2.05) is 37.3 Å². The lowest BCUT2D eigenvalue weighted by molar-refractivity contribution is -0.116. The van der Waals surface area contributed by atoms with E-state index < -0.39 is 10.0 Å². The smallest absolute Gasteiger partial charge is 0.243 e. The minimum Gasteiger partial charge on any atom is -0.309 e. The minimum absolute atomic E-state index is 0.0250. The lowest BCUT2D eigenvalue weighted by atomic mass is 10.1. The van der Waals surface area contributed by atoms with Gasteiger partial charge >= 0.3 is 0 Å². The van der Waals surface area contributed by atoms with Crippen LogP contribution < -0.4 is 4.90 Å². The molecule has 6 heteroatoms. The first-order valence-electron chi connectivity index (χ1n) is 8.23. The van der Waals surface area contributed by atoms with E-state index in [4.69, 9.17) is 0 Å². The fourth-order valence-corrected chi connectivity index (χ4v) is 4.56. The number of carbonyl (C=O) groups is 1. The molecule has 1 aliphatic rings. The zero-order valence-corrected chi connectivity index (χ0v) is 15.5. The summed E-state index contributed by atoms with van der Waals surface area (Å²) in [7, 11) is -2.00. The van der Waals surface area contributed by atoms with E-state index in [2.05, 4.69) is 0 Å². The second kappa shape index (κ2) is 6.61. The summed E-state index contributed by atoms with van der Waals surface area (Å²) in [5, 5.41) is 0. The Bertz CT molecular complexity index is 894. The van der Waals surface area contributed by atoms with Gasteiger partial charge in [-0.15, -0.1) is 0 Å². The highest BCUT2D eigenvalue weighted by atomic mass is 32.2. The molecule has 1 heterocycles. The molecule has 0 aromatic heterocycles. The van der Waals surface area contributed by atoms with Crippen molar-refractivity contribution in [1.29, 1.82) is 0 Å². The van der Waals surface area contributed by atoms with E-state index in [1.165, 1.54) is 11.2 Å². The van der Waals surface area contributed by atoms with Crippen LogP contribution in [0.1, 0.15) is 25.0 Å². The molecule has 1 amide bonds. The fourth-order valence-electron chi connectivity index (χ4n) is 3.35. The van der Waals surface area contributed by atoms with Crippen LogP contribution >= 0.6 is 0 Å². The molecule has 1 aliphatic heterocycles. The van der Waals surface area contributed by atoms with Crippen LogP contribution in [0.25, 0.3) is 0 Å². The molecule has 1 atom stereocenters. The Kier molecular flexibility index (Phi) is 4.67. The van der Waals surface area contributed by atoms with Crippen LogP contribution in [-0.4, -0.2) is 31.7 Å². The second-order valence-electron chi connectivity index (χ2n) is 6.48. The van der Waals surface area contributed by atoms with Crippen LogP contribution in [0.4, 0.5) is 5.69 Å². The van der Waals surface area contributed by atoms with E-state index in [1.54, 1.807) is 30.1 Å². The number of anilines is 1. The Morgan fingerprint density at radius 3 is 2.52 bits per heavy atom. The van der Waals surface area contributed by atoms with Crippen LogP contribution in [0.5, 0.6) is 0 Å². The average Bonchev–Trinajstić information content (AvgIpc) is 2.90. The number of hydrogen-bond acceptors (Lipinski definition) is 3. The van der Waals surface area contributed by atoms with Crippen molar-refractivity contribution in [3.05, 3.63) is 59.7 Å². The third kappa shape index (κ3) is 3.32. The van der Waals surface area contributed by atoms with Crippen molar-refractivity contribution in [2.75, 3.05) is 11.9 Å². The number of carbonyl (C=O) groups excluding carboxylic acids is 1. The summed E-state index contributed by atoms with van der Waals surface area (Å²) < 4.78 is 27.1. The minimum atomic E-state index is -3.58. The molecule has 2 aromatic rings. The Labute approximate surface area is 148 Å². The van der Waals surface area contributed by atoms with Gasteiger partial charge in [-0.05, 0) is 42.7 Å². The largest absolute Gasteiger partial charge is 0.309 e. The van der Waals surface area contributed by atoms with Gasteiger partial charge in [0.05, 0.1) is 4.90 Å². The predicted molar refractivity (Wildman–Crippen MR) is 97.9 cm³/mol. The number of benzene rings is 2. The molecule has 0 N–H and O–H groups in total. The van der Waals surface area contributed by atoms with E-state index in [-0.39, 0.29) is 16.8 Å². The molecule has 0 spiro atoms. The molecule has 0 radical (unpaired) electrons. The van der Waals surface area contributed by atoms with Crippen molar-refractivity contribution in [2.45, 2.75) is 37.8 Å². The van der Waals surface area contributed by atoms with Crippen LogP contribution in [0.15, 0.2) is 53.4 Å². The number of rotatable bonds is 4. The third-order valence-electron chi connectivity index (χ3n) is 4.56. The number of fused-ring (bicyclic) bond motifs is 1. The standard InChI is InChI=1S/C19H22N2O3S/c1-14-11-17-12-18(9-10-19(17)21(14)15(2)22)25(23,24)20(3)13-16-7-5-4-6-8-16/h4-10,12,14H,11,13H2,1-3H3/t14-/m1/s1. The van der Waals surface area contributed by atoms with Crippen molar-refractivity contribution in [3.8, 4) is 0 Å². The molecule has 132 valence electrons. The van der Waals surface area contributed by atoms with E-state index in [0.29, 0.717) is 13.0 Å². The van der Waals surface area contributed by atoms with Gasteiger partial charge in [0, 0.05) is 32.2 Å². The highest BCUT2D eigenvalue weighted by molar-refractivity contribution is 7.89. The first kappa shape index (κ1) is 17.6. The second-order valence-corrected chi connectivity index (χ2v) is 8.52. The summed E-state index contributed by atoms with van der Waals surface area (Å²) in [5.74, 6) is -0.0250. The SMILES string of the molecule is CC(=O)N1c2ccc(S(=O)(=O)N(C)Cc3ccccc3)cc2C[C@H]1C. The first-order valence-corrected chi connectivity index (χ1v) is 9.67. The molecule has 2 aromatic carbocycles. The first-order chi connectivity index (χ1) is 11.8. The molecule has 0 bridgehead atoms. The maximum atomic E-state index is 12.9. The summed E-state index contributed by atoms with van der Waals surface area (Å²) in [6.45, 7) is 3.82. The summed E-state index contributed by atoms with van der Waals surface area (Å²) in [4.78, 5) is 13.8. The van der Waals surface area contributed by atoms with Crippen molar-refractivity contribution in [2.24, 2.45) is 0 Å². The zero-order valence-electron chi connectivity index (χ0n) is 14.6. The predicted octanol–water partition coefficient (Wildman–Crippen LogP) is 2.80. The molecule has 25 heavy (non-hydrogen) atoms. The van der Waals surface area contributed by atoms with Crippen molar-refractivity contribution in [1.82, 2.24) is 4.31 Å². The maximum Gasteiger partial charge on any atom is 0.243 e. The van der Waals surface area contributed by atoms with Gasteiger partial charge in [-0.1, -0.05) is 30.3 Å². The van der Waals surface area contributed by atoms with Crippen LogP contribution in [0.2, 0.25) is 0 Å². The van der Waals surface area contributed by atoms with Gasteiger partial charge in [0.2, 0.25) is 15.9 Å². The highest BCUT2D eigenvalue weighted by Gasteiger charge is 2.31. The van der Waals surface area contributed by atoms with Gasteiger partial charge in [0.15, 0.2) is 0 Å². The molecule has 0 saturated carbocycles. The molecule has 3 rings (SSSR count). The average molecular weight is 358 g/mol. The van der Waals surface area contributed by atoms with Gasteiger partial charge in [-0.25, -0.2) is 8.42 Å². The Balaban J connectivity index is 1.89. The zero-order chi connectivity index (χ0) is 18.2. The fraction of sp³-hybridized carbons (Fsp3) is 0.316. The van der Waals surface area contributed by atoms with Crippen molar-refractivity contribution in [3.63, 3.8) is 0 Å². The van der Waals surface area contributed by atoms with Crippen molar-refractivity contribution >= 4 is 21.6 Å². The molecule has 0 saturated heterocycles. The molecule has 0 unspecified atom stereocenters. The van der Waals surface area contributed by atoms with Gasteiger partial charge in [-0.2, -0.15) is 4.31 Å². The normalized spacial score (nSPS) is 17.0. The maximum absolute atomic E-state index is 12.9. The molecule has 0 fully saturated rings. The van der Waals surface area contributed by atoms with Gasteiger partial charge < -0.3 is 4.90 Å². The van der Waals surface area contributed by atoms with E-state index >= 15 is 0 Å². The van der Waals surface area contributed by atoms with Gasteiger partial charge in [-0.3, -0.25) is 4.79 Å². The molecule has 0 aliphatic carbocycles. The number of nitrogens with zero attached hydrogens (tertiary/aromatic N) is 2. The van der Waals surface area contributed by atoms with Crippen LogP contribution in [-0.2, 0) is 27.8 Å². The van der Waals surface area contributed by atoms with Crippen LogP contribution in [0.3, 0.4) is 0 Å². The highest BCUT2D eigenvalue weighted by Crippen LogP contribution is 2.34. The van der Waals surface area contributed by atoms with Gasteiger partial charge in [0.1, 0.15) is 0 Å².